The number of aromatic nitrogens is 1. The van der Waals surface area contributed by atoms with E-state index < -0.39 is 12.2 Å². The molecule has 0 spiro atoms. The minimum absolute atomic E-state index is 0.282. The number of aliphatic hydroxyl groups excluding tert-OH is 2. The van der Waals surface area contributed by atoms with Crippen molar-refractivity contribution in [3.63, 3.8) is 0 Å². The summed E-state index contributed by atoms with van der Waals surface area (Å²) in [5, 5.41) is 21.4. The minimum Gasteiger partial charge on any atom is -0.457 e. The van der Waals surface area contributed by atoms with Gasteiger partial charge >= 0.3 is 5.97 Å². The number of anilines is 1. The zero-order valence-corrected chi connectivity index (χ0v) is 18.0. The van der Waals surface area contributed by atoms with E-state index in [1.54, 1.807) is 12.3 Å². The zero-order valence-electron chi connectivity index (χ0n) is 18.0. The average molecular weight is 427 g/mol. The van der Waals surface area contributed by atoms with Crippen molar-refractivity contribution in [3.05, 3.63) is 57.9 Å². The van der Waals surface area contributed by atoms with Crippen molar-refractivity contribution in [2.24, 2.45) is 0 Å². The summed E-state index contributed by atoms with van der Waals surface area (Å²) in [5.41, 5.74) is 11.2. The van der Waals surface area contributed by atoms with E-state index in [0.717, 1.165) is 48.4 Å². The molecule has 0 amide bonds. The fourth-order valence-corrected chi connectivity index (χ4v) is 4.51. The number of nitrogens with zero attached hydrogens (tertiary/aromatic N) is 3. The van der Waals surface area contributed by atoms with Gasteiger partial charge in [-0.1, -0.05) is 6.07 Å². The summed E-state index contributed by atoms with van der Waals surface area (Å²) in [6, 6.07) is 5.41. The number of ether oxygens (including phenoxy) is 1. The van der Waals surface area contributed by atoms with E-state index in [2.05, 4.69) is 14.8 Å². The second kappa shape index (κ2) is 8.92. The first-order valence-electron chi connectivity index (χ1n) is 10.7. The van der Waals surface area contributed by atoms with Crippen LogP contribution in [-0.4, -0.2) is 70.2 Å². The lowest BCUT2D eigenvalue weighted by atomic mass is 9.95. The van der Waals surface area contributed by atoms with E-state index in [1.807, 2.05) is 26.0 Å². The normalized spacial score (nSPS) is 19.2. The van der Waals surface area contributed by atoms with Crippen molar-refractivity contribution in [2.45, 2.75) is 32.7 Å². The third kappa shape index (κ3) is 4.57. The number of pyridine rings is 1. The molecule has 1 fully saturated rings. The van der Waals surface area contributed by atoms with Crippen molar-refractivity contribution >= 4 is 11.7 Å². The maximum atomic E-state index is 11.7. The Bertz CT molecular complexity index is 972. The predicted octanol–water partition coefficient (Wildman–Crippen LogP) is 1.34. The van der Waals surface area contributed by atoms with Crippen LogP contribution in [0.15, 0.2) is 24.4 Å². The van der Waals surface area contributed by atoms with E-state index >= 15 is 0 Å². The molecule has 166 valence electrons. The van der Waals surface area contributed by atoms with E-state index in [-0.39, 0.29) is 12.6 Å². The van der Waals surface area contributed by atoms with Crippen LogP contribution in [0.5, 0.6) is 0 Å². The first-order chi connectivity index (χ1) is 14.8. The van der Waals surface area contributed by atoms with Gasteiger partial charge in [-0.2, -0.15) is 0 Å². The van der Waals surface area contributed by atoms with Crippen LogP contribution in [0.3, 0.4) is 0 Å². The molecule has 1 aromatic heterocycles. The van der Waals surface area contributed by atoms with Gasteiger partial charge in [0.25, 0.3) is 0 Å². The molecule has 4 N–H and O–H groups in total. The van der Waals surface area contributed by atoms with E-state index in [9.17, 15) is 15.0 Å². The van der Waals surface area contributed by atoms with Gasteiger partial charge in [-0.05, 0) is 42.7 Å². The second-order valence-electron chi connectivity index (χ2n) is 8.49. The number of hydrogen-bond donors (Lipinski definition) is 3. The third-order valence-electron chi connectivity index (χ3n) is 6.35. The largest absolute Gasteiger partial charge is 0.457 e. The summed E-state index contributed by atoms with van der Waals surface area (Å²) >= 11 is 0. The summed E-state index contributed by atoms with van der Waals surface area (Å²) in [4.78, 5) is 20.5. The summed E-state index contributed by atoms with van der Waals surface area (Å²) in [6.07, 6.45) is 0.296. The van der Waals surface area contributed by atoms with Crippen molar-refractivity contribution in [1.29, 1.82) is 0 Å². The highest BCUT2D eigenvalue weighted by atomic mass is 16.5. The molecule has 1 unspecified atom stereocenters. The highest BCUT2D eigenvalue weighted by molar-refractivity contribution is 5.93. The topological polar surface area (TPSA) is 112 Å². The number of carbonyl (C=O) groups is 1. The van der Waals surface area contributed by atoms with Gasteiger partial charge in [0.2, 0.25) is 0 Å². The number of carbonyl (C=O) groups excluding carboxylic acids is 1. The number of rotatable bonds is 6. The quantitative estimate of drug-likeness (QED) is 0.593. The van der Waals surface area contributed by atoms with Gasteiger partial charge < -0.3 is 20.7 Å². The number of esters is 1. The number of aryl methyl sites for hydroxylation is 1. The number of aliphatic hydroxyl groups is 2. The Morgan fingerprint density at radius 2 is 1.74 bits per heavy atom. The van der Waals surface area contributed by atoms with Gasteiger partial charge in [0.15, 0.2) is 0 Å². The molecule has 2 aromatic rings. The van der Waals surface area contributed by atoms with Crippen molar-refractivity contribution in [2.75, 3.05) is 45.0 Å². The first-order valence-corrected chi connectivity index (χ1v) is 10.7. The number of hydrogen-bond acceptors (Lipinski definition) is 8. The van der Waals surface area contributed by atoms with Crippen molar-refractivity contribution in [3.8, 4) is 0 Å². The van der Waals surface area contributed by atoms with E-state index in [4.69, 9.17) is 10.5 Å². The van der Waals surface area contributed by atoms with E-state index in [1.165, 1.54) is 0 Å². The molecule has 0 radical (unpaired) electrons. The van der Waals surface area contributed by atoms with Crippen LogP contribution in [-0.2, 0) is 11.3 Å². The van der Waals surface area contributed by atoms with Crippen LogP contribution in [0, 0.1) is 13.8 Å². The smallest absolute Gasteiger partial charge is 0.338 e. The summed E-state index contributed by atoms with van der Waals surface area (Å²) in [5.74, 6) is -0.290. The van der Waals surface area contributed by atoms with Crippen LogP contribution in [0.25, 0.3) is 0 Å². The molecule has 2 atom stereocenters. The van der Waals surface area contributed by atoms with Gasteiger partial charge in [0.05, 0.1) is 29.2 Å². The molecule has 4 rings (SSSR count). The molecule has 1 saturated heterocycles. The molecule has 2 aliphatic rings. The Labute approximate surface area is 182 Å². The van der Waals surface area contributed by atoms with Crippen LogP contribution in [0.2, 0.25) is 0 Å². The molecule has 8 nitrogen and oxygen atoms in total. The van der Waals surface area contributed by atoms with Crippen molar-refractivity contribution < 1.29 is 19.7 Å². The lowest BCUT2D eigenvalue weighted by molar-refractivity contribution is 0.0469. The summed E-state index contributed by atoms with van der Waals surface area (Å²) in [6.45, 7) is 8.41. The molecule has 3 heterocycles. The molecule has 0 aliphatic carbocycles. The molecule has 8 heteroatoms. The fourth-order valence-electron chi connectivity index (χ4n) is 4.51. The van der Waals surface area contributed by atoms with Gasteiger partial charge in [-0.3, -0.25) is 14.8 Å². The van der Waals surface area contributed by atoms with Gasteiger partial charge in [0, 0.05) is 44.8 Å². The molecular weight excluding hydrogens is 396 g/mol. The zero-order chi connectivity index (χ0) is 22.1. The molecule has 0 saturated carbocycles. The number of nitrogen functional groups attached to an aromatic ring is 1. The molecule has 31 heavy (non-hydrogen) atoms. The predicted molar refractivity (Wildman–Crippen MR) is 116 cm³/mol. The monoisotopic (exact) mass is 426 g/mol. The van der Waals surface area contributed by atoms with Gasteiger partial charge in [0.1, 0.15) is 12.7 Å². The van der Waals surface area contributed by atoms with Crippen LogP contribution in [0.4, 0.5) is 5.69 Å². The number of piperazine rings is 1. The number of fused-ring (bicyclic) bond motifs is 1. The summed E-state index contributed by atoms with van der Waals surface area (Å²) in [7, 11) is 0. The summed E-state index contributed by atoms with van der Waals surface area (Å²) < 4.78 is 5.11. The van der Waals surface area contributed by atoms with Crippen LogP contribution < -0.4 is 5.73 Å². The maximum Gasteiger partial charge on any atom is 0.338 e. The lowest BCUT2D eigenvalue weighted by Gasteiger charge is -2.36. The number of cyclic esters (lactones) is 1. The Hall–Kier alpha value is -2.52. The molecule has 2 aliphatic heterocycles. The SMILES string of the molecule is Cc1cc(N)cnc1C(O)CN1CCN(C[C@H](O)c2ccc3c(c2C)COC3=O)CC1. The molecular formula is C23H30N4O4. The lowest BCUT2D eigenvalue weighted by Crippen LogP contribution is -2.48. The van der Waals surface area contributed by atoms with Gasteiger partial charge in [-0.25, -0.2) is 4.79 Å². The highest BCUT2D eigenvalue weighted by Crippen LogP contribution is 2.29. The fraction of sp³-hybridized carbons (Fsp3) is 0.478. The molecule has 0 bridgehead atoms. The van der Waals surface area contributed by atoms with Crippen molar-refractivity contribution in [1.82, 2.24) is 14.8 Å². The maximum absolute atomic E-state index is 11.7. The van der Waals surface area contributed by atoms with E-state index in [0.29, 0.717) is 30.0 Å². The highest BCUT2D eigenvalue weighted by Gasteiger charge is 2.27. The number of benzene rings is 1. The Kier molecular flexibility index (Phi) is 6.24. The number of β-amino-alcohol motifs (C(OH)–C–C–N with tert-alkyl or cyclic N) is 2. The Morgan fingerprint density at radius 3 is 2.39 bits per heavy atom. The first kappa shape index (κ1) is 21.7. The Balaban J connectivity index is 1.31. The number of nitrogens with two attached hydrogens (primary N) is 1. The van der Waals surface area contributed by atoms with Crippen LogP contribution in [0.1, 0.15) is 50.5 Å². The average Bonchev–Trinajstić information content (AvgIpc) is 3.11. The third-order valence-corrected chi connectivity index (χ3v) is 6.35. The van der Waals surface area contributed by atoms with Crippen LogP contribution >= 0.6 is 0 Å². The standard InChI is InChI=1S/C23H30N4O4/c1-14-9-16(24)10-25-22(14)21(29)12-27-7-5-26(6-8-27)11-20(28)17-3-4-18-19(15(17)2)13-31-23(18)30/h3-4,9-10,20-21,28-29H,5-8,11-13,24H2,1-2H3/t20-,21?/m0/s1. The minimum atomic E-state index is -0.656. The van der Waals surface area contributed by atoms with Gasteiger partial charge in [-0.15, -0.1) is 0 Å². The Morgan fingerprint density at radius 1 is 1.10 bits per heavy atom. The molecule has 1 aromatic carbocycles. The second-order valence-corrected chi connectivity index (χ2v) is 8.49.